The number of imide groups is 1. The normalized spacial score (nSPS) is 33.5. The highest BCUT2D eigenvalue weighted by molar-refractivity contribution is 6.06. The number of benzene rings is 1. The predicted molar refractivity (Wildman–Crippen MR) is 111 cm³/mol. The van der Waals surface area contributed by atoms with Gasteiger partial charge in [0, 0.05) is 6.54 Å². The zero-order valence-corrected chi connectivity index (χ0v) is 17.8. The van der Waals surface area contributed by atoms with E-state index in [2.05, 4.69) is 32.9 Å². The van der Waals surface area contributed by atoms with Gasteiger partial charge in [-0.1, -0.05) is 45.1 Å². The van der Waals surface area contributed by atoms with Gasteiger partial charge in [-0.2, -0.15) is 0 Å². The third-order valence-corrected chi connectivity index (χ3v) is 8.04. The standard InChI is InChI=1S/C25H29NO4/c1-4-25(2,3)14-5-7-15(8-6-14)30-20(27)11-12-26-23(28)21-16-9-10-17(19-13-18(16)19)22(21)24(26)29/h5-10,16-19,21-22H,4,11-13H2,1-3H3/t16-,17-,18-,19+,21+,22+/m1/s1. The minimum absolute atomic E-state index is 0.0226. The van der Waals surface area contributed by atoms with Crippen LogP contribution in [0.5, 0.6) is 5.75 Å². The van der Waals surface area contributed by atoms with Crippen LogP contribution in [0.1, 0.15) is 45.6 Å². The monoisotopic (exact) mass is 407 g/mol. The molecule has 0 N–H and O–H groups in total. The van der Waals surface area contributed by atoms with Crippen LogP contribution in [0.25, 0.3) is 0 Å². The van der Waals surface area contributed by atoms with Crippen LogP contribution in [-0.4, -0.2) is 29.2 Å². The van der Waals surface area contributed by atoms with Gasteiger partial charge in [-0.25, -0.2) is 0 Å². The Bertz CT molecular complexity index is 895. The average Bonchev–Trinajstić information content (AvgIpc) is 3.52. The number of carbonyl (C=O) groups excluding carboxylic acids is 3. The Morgan fingerprint density at radius 3 is 2.13 bits per heavy atom. The minimum Gasteiger partial charge on any atom is -0.426 e. The van der Waals surface area contributed by atoms with E-state index in [4.69, 9.17) is 4.74 Å². The summed E-state index contributed by atoms with van der Waals surface area (Å²) in [5.74, 6) is 1.08. The molecule has 1 aliphatic heterocycles. The van der Waals surface area contributed by atoms with E-state index >= 15 is 0 Å². The molecule has 1 aromatic rings. The Morgan fingerprint density at radius 1 is 1.03 bits per heavy atom. The fourth-order valence-corrected chi connectivity index (χ4v) is 5.80. The lowest BCUT2D eigenvalue weighted by Crippen LogP contribution is -2.40. The van der Waals surface area contributed by atoms with E-state index in [1.54, 1.807) is 12.1 Å². The number of allylic oxidation sites excluding steroid dienone is 2. The molecule has 5 aliphatic rings. The highest BCUT2D eigenvalue weighted by Crippen LogP contribution is 2.65. The molecule has 1 heterocycles. The Morgan fingerprint density at radius 2 is 1.60 bits per heavy atom. The number of esters is 1. The second-order valence-corrected chi connectivity index (χ2v) is 9.97. The summed E-state index contributed by atoms with van der Waals surface area (Å²) in [6.07, 6.45) is 6.51. The van der Waals surface area contributed by atoms with Crippen LogP contribution in [0, 0.1) is 35.5 Å². The fourth-order valence-electron chi connectivity index (χ4n) is 5.80. The topological polar surface area (TPSA) is 63.7 Å². The first-order valence-corrected chi connectivity index (χ1v) is 11.2. The molecule has 0 aromatic heterocycles. The Balaban J connectivity index is 1.19. The van der Waals surface area contributed by atoms with Crippen molar-refractivity contribution >= 4 is 17.8 Å². The number of hydrogen-bond donors (Lipinski definition) is 0. The molecule has 2 saturated carbocycles. The molecule has 0 spiro atoms. The van der Waals surface area contributed by atoms with Crippen molar-refractivity contribution in [3.05, 3.63) is 42.0 Å². The van der Waals surface area contributed by atoms with Gasteiger partial charge in [0.1, 0.15) is 5.75 Å². The second kappa shape index (κ2) is 6.79. The molecule has 5 heteroatoms. The molecular formula is C25H29NO4. The maximum Gasteiger partial charge on any atom is 0.312 e. The highest BCUT2D eigenvalue weighted by atomic mass is 16.5. The van der Waals surface area contributed by atoms with Crippen molar-refractivity contribution in [2.24, 2.45) is 35.5 Å². The van der Waals surface area contributed by atoms with E-state index < -0.39 is 5.97 Å². The van der Waals surface area contributed by atoms with Crippen LogP contribution in [0.2, 0.25) is 0 Å². The Hall–Kier alpha value is -2.43. The SMILES string of the molecule is CCC(C)(C)c1ccc(OC(=O)CCN2C(=O)[C@H]3[C@@H]4C=C[C@H]([C@@H]5C[C@H]45)[C@@H]3C2=O)cc1. The lowest BCUT2D eigenvalue weighted by molar-refractivity contribution is -0.141. The van der Waals surface area contributed by atoms with Crippen LogP contribution in [0.15, 0.2) is 36.4 Å². The number of ether oxygens (including phenoxy) is 1. The van der Waals surface area contributed by atoms with E-state index in [9.17, 15) is 14.4 Å². The largest absolute Gasteiger partial charge is 0.426 e. The molecule has 4 aliphatic carbocycles. The van der Waals surface area contributed by atoms with E-state index in [-0.39, 0.29) is 53.9 Å². The zero-order chi connectivity index (χ0) is 21.2. The summed E-state index contributed by atoms with van der Waals surface area (Å²) >= 11 is 0. The van der Waals surface area contributed by atoms with Gasteiger partial charge in [-0.3, -0.25) is 19.3 Å². The number of likely N-dealkylation sites (tertiary alicyclic amines) is 1. The number of rotatable bonds is 6. The zero-order valence-electron chi connectivity index (χ0n) is 17.8. The average molecular weight is 408 g/mol. The predicted octanol–water partition coefficient (Wildman–Crippen LogP) is 3.72. The van der Waals surface area contributed by atoms with Gasteiger partial charge in [-0.05, 0) is 59.6 Å². The summed E-state index contributed by atoms with van der Waals surface area (Å²) in [5, 5.41) is 0. The summed E-state index contributed by atoms with van der Waals surface area (Å²) in [5.41, 5.74) is 1.27. The minimum atomic E-state index is -0.420. The van der Waals surface area contributed by atoms with Crippen LogP contribution in [0.3, 0.4) is 0 Å². The first kappa shape index (κ1) is 19.5. The van der Waals surface area contributed by atoms with Crippen molar-refractivity contribution in [1.82, 2.24) is 4.90 Å². The van der Waals surface area contributed by atoms with Gasteiger partial charge >= 0.3 is 5.97 Å². The molecule has 0 radical (unpaired) electrons. The van der Waals surface area contributed by atoms with Gasteiger partial charge in [0.2, 0.25) is 11.8 Å². The summed E-state index contributed by atoms with van der Waals surface area (Å²) in [7, 11) is 0. The fraction of sp³-hybridized carbons (Fsp3) is 0.560. The van der Waals surface area contributed by atoms with E-state index in [1.807, 2.05) is 12.1 Å². The first-order valence-electron chi connectivity index (χ1n) is 11.2. The van der Waals surface area contributed by atoms with Crippen molar-refractivity contribution in [3.63, 3.8) is 0 Å². The molecule has 0 unspecified atom stereocenters. The van der Waals surface area contributed by atoms with E-state index in [0.717, 1.165) is 12.8 Å². The smallest absolute Gasteiger partial charge is 0.312 e. The number of nitrogens with zero attached hydrogens (tertiary/aromatic N) is 1. The molecule has 158 valence electrons. The molecule has 1 saturated heterocycles. The number of carbonyl (C=O) groups is 3. The lowest BCUT2D eigenvalue weighted by atomic mass is 9.63. The van der Waals surface area contributed by atoms with Crippen molar-refractivity contribution in [2.75, 3.05) is 6.54 Å². The van der Waals surface area contributed by atoms with Crippen molar-refractivity contribution in [3.8, 4) is 5.75 Å². The molecule has 6 atom stereocenters. The summed E-state index contributed by atoms with van der Waals surface area (Å²) in [6, 6.07) is 7.58. The number of amides is 2. The van der Waals surface area contributed by atoms with Crippen LogP contribution in [0.4, 0.5) is 0 Å². The third-order valence-electron chi connectivity index (χ3n) is 8.04. The first-order chi connectivity index (χ1) is 14.3. The second-order valence-electron chi connectivity index (χ2n) is 9.97. The summed E-state index contributed by atoms with van der Waals surface area (Å²) in [6.45, 7) is 6.62. The van der Waals surface area contributed by atoms with Gasteiger partial charge < -0.3 is 4.74 Å². The van der Waals surface area contributed by atoms with Gasteiger partial charge in [0.25, 0.3) is 0 Å². The van der Waals surface area contributed by atoms with Gasteiger partial charge in [-0.15, -0.1) is 0 Å². The maximum absolute atomic E-state index is 13.0. The molecule has 30 heavy (non-hydrogen) atoms. The van der Waals surface area contributed by atoms with Crippen molar-refractivity contribution < 1.29 is 19.1 Å². The lowest BCUT2D eigenvalue weighted by Gasteiger charge is -2.37. The van der Waals surface area contributed by atoms with Crippen molar-refractivity contribution in [2.45, 2.75) is 45.4 Å². The molecule has 5 nitrogen and oxygen atoms in total. The summed E-state index contributed by atoms with van der Waals surface area (Å²) in [4.78, 5) is 39.6. The highest BCUT2D eigenvalue weighted by Gasteiger charge is 2.66. The molecule has 2 bridgehead atoms. The molecule has 3 fully saturated rings. The Kier molecular flexibility index (Phi) is 4.42. The van der Waals surface area contributed by atoms with Crippen LogP contribution < -0.4 is 4.74 Å². The molecule has 2 amide bonds. The van der Waals surface area contributed by atoms with E-state index in [0.29, 0.717) is 17.6 Å². The van der Waals surface area contributed by atoms with Gasteiger partial charge in [0.05, 0.1) is 18.3 Å². The van der Waals surface area contributed by atoms with Crippen molar-refractivity contribution in [1.29, 1.82) is 0 Å². The van der Waals surface area contributed by atoms with Crippen LogP contribution >= 0.6 is 0 Å². The summed E-state index contributed by atoms with van der Waals surface area (Å²) < 4.78 is 5.44. The number of hydrogen-bond acceptors (Lipinski definition) is 4. The van der Waals surface area contributed by atoms with Gasteiger partial charge in [0.15, 0.2) is 0 Å². The quantitative estimate of drug-likeness (QED) is 0.312. The maximum atomic E-state index is 13.0. The molecular weight excluding hydrogens is 378 g/mol. The molecule has 1 aromatic carbocycles. The molecule has 6 rings (SSSR count). The Labute approximate surface area is 177 Å². The van der Waals surface area contributed by atoms with Crippen LogP contribution in [-0.2, 0) is 19.8 Å². The van der Waals surface area contributed by atoms with E-state index in [1.165, 1.54) is 10.5 Å². The third kappa shape index (κ3) is 2.93.